The van der Waals surface area contributed by atoms with Gasteiger partial charge in [-0.05, 0) is 26.7 Å². The van der Waals surface area contributed by atoms with E-state index in [2.05, 4.69) is 24.1 Å². The van der Waals surface area contributed by atoms with Crippen LogP contribution in [0, 0.1) is 5.92 Å². The SMILES string of the molecule is CC(C)(CNC(=O)C1CCCCC1N)N1CCOCC1. The van der Waals surface area contributed by atoms with Crippen LogP contribution in [0.3, 0.4) is 0 Å². The first kappa shape index (κ1) is 15.7. The van der Waals surface area contributed by atoms with Crippen molar-refractivity contribution in [3.63, 3.8) is 0 Å². The van der Waals surface area contributed by atoms with Crippen molar-refractivity contribution in [1.82, 2.24) is 10.2 Å². The molecule has 1 amide bonds. The van der Waals surface area contributed by atoms with Crippen LogP contribution in [0.1, 0.15) is 39.5 Å². The molecule has 0 aromatic carbocycles. The lowest BCUT2D eigenvalue weighted by atomic mass is 9.84. The van der Waals surface area contributed by atoms with Gasteiger partial charge in [-0.1, -0.05) is 12.8 Å². The zero-order chi connectivity index (χ0) is 14.6. The van der Waals surface area contributed by atoms with Crippen LogP contribution < -0.4 is 11.1 Å². The molecule has 2 unspecified atom stereocenters. The number of nitrogens with one attached hydrogen (secondary N) is 1. The van der Waals surface area contributed by atoms with Crippen LogP contribution in [0.25, 0.3) is 0 Å². The molecule has 0 aromatic rings. The lowest BCUT2D eigenvalue weighted by molar-refractivity contribution is -0.127. The van der Waals surface area contributed by atoms with Crippen LogP contribution in [-0.4, -0.2) is 55.2 Å². The molecule has 0 spiro atoms. The van der Waals surface area contributed by atoms with E-state index in [9.17, 15) is 4.79 Å². The molecule has 2 aliphatic rings. The summed E-state index contributed by atoms with van der Waals surface area (Å²) in [5.41, 5.74) is 6.04. The molecule has 116 valence electrons. The average Bonchev–Trinajstić information content (AvgIpc) is 2.46. The Hall–Kier alpha value is -0.650. The zero-order valence-electron chi connectivity index (χ0n) is 12.9. The molecule has 1 aliphatic carbocycles. The highest BCUT2D eigenvalue weighted by molar-refractivity contribution is 5.79. The third-order valence-corrected chi connectivity index (χ3v) is 4.72. The fourth-order valence-corrected chi connectivity index (χ4v) is 3.20. The van der Waals surface area contributed by atoms with E-state index in [1.807, 2.05) is 0 Å². The number of morpholine rings is 1. The summed E-state index contributed by atoms with van der Waals surface area (Å²) in [5, 5.41) is 3.12. The topological polar surface area (TPSA) is 67.6 Å². The molecule has 0 radical (unpaired) electrons. The first-order valence-corrected chi connectivity index (χ1v) is 7.87. The molecule has 20 heavy (non-hydrogen) atoms. The van der Waals surface area contributed by atoms with Gasteiger partial charge in [-0.15, -0.1) is 0 Å². The van der Waals surface area contributed by atoms with E-state index in [0.717, 1.165) is 52.0 Å². The number of carbonyl (C=O) groups excluding carboxylic acids is 1. The van der Waals surface area contributed by atoms with Crippen molar-refractivity contribution in [2.24, 2.45) is 11.7 Å². The van der Waals surface area contributed by atoms with Gasteiger partial charge in [0, 0.05) is 31.2 Å². The maximum atomic E-state index is 12.3. The van der Waals surface area contributed by atoms with Crippen LogP contribution in [-0.2, 0) is 9.53 Å². The summed E-state index contributed by atoms with van der Waals surface area (Å²) in [6, 6.07) is 0.0373. The summed E-state index contributed by atoms with van der Waals surface area (Å²) in [6.07, 6.45) is 4.19. The van der Waals surface area contributed by atoms with Gasteiger partial charge in [0.15, 0.2) is 0 Å². The number of hydrogen-bond donors (Lipinski definition) is 2. The van der Waals surface area contributed by atoms with Crippen LogP contribution in [0.2, 0.25) is 0 Å². The predicted molar refractivity (Wildman–Crippen MR) is 79.4 cm³/mol. The minimum Gasteiger partial charge on any atom is -0.379 e. The Morgan fingerprint density at radius 1 is 1.30 bits per heavy atom. The molecular weight excluding hydrogens is 254 g/mol. The molecule has 5 nitrogen and oxygen atoms in total. The highest BCUT2D eigenvalue weighted by Gasteiger charge is 2.32. The summed E-state index contributed by atoms with van der Waals surface area (Å²) < 4.78 is 5.38. The third-order valence-electron chi connectivity index (χ3n) is 4.72. The molecule has 0 aromatic heterocycles. The van der Waals surface area contributed by atoms with Gasteiger partial charge in [0.05, 0.1) is 19.1 Å². The zero-order valence-corrected chi connectivity index (χ0v) is 12.9. The fraction of sp³-hybridized carbons (Fsp3) is 0.933. The second kappa shape index (κ2) is 6.87. The summed E-state index contributed by atoms with van der Waals surface area (Å²) >= 11 is 0. The molecule has 0 bridgehead atoms. The molecule has 2 fully saturated rings. The number of nitrogens with two attached hydrogens (primary N) is 1. The summed E-state index contributed by atoms with van der Waals surface area (Å²) in [7, 11) is 0. The summed E-state index contributed by atoms with van der Waals surface area (Å²) in [4.78, 5) is 14.7. The van der Waals surface area contributed by atoms with Crippen LogP contribution in [0.15, 0.2) is 0 Å². The minimum atomic E-state index is -0.0296. The van der Waals surface area contributed by atoms with E-state index < -0.39 is 0 Å². The van der Waals surface area contributed by atoms with Gasteiger partial charge in [-0.2, -0.15) is 0 Å². The largest absolute Gasteiger partial charge is 0.379 e. The molecule has 2 atom stereocenters. The molecule has 1 saturated heterocycles. The van der Waals surface area contributed by atoms with E-state index in [0.29, 0.717) is 6.54 Å². The van der Waals surface area contributed by atoms with Crippen molar-refractivity contribution < 1.29 is 9.53 Å². The average molecular weight is 283 g/mol. The highest BCUT2D eigenvalue weighted by Crippen LogP contribution is 2.23. The number of carbonyl (C=O) groups is 1. The van der Waals surface area contributed by atoms with Gasteiger partial charge < -0.3 is 15.8 Å². The number of amides is 1. The van der Waals surface area contributed by atoms with Crippen molar-refractivity contribution in [3.05, 3.63) is 0 Å². The Morgan fingerprint density at radius 3 is 2.60 bits per heavy atom. The summed E-state index contributed by atoms with van der Waals surface area (Å²) in [6.45, 7) is 8.47. The van der Waals surface area contributed by atoms with Gasteiger partial charge in [-0.25, -0.2) is 0 Å². The van der Waals surface area contributed by atoms with Crippen molar-refractivity contribution >= 4 is 5.91 Å². The number of nitrogens with zero attached hydrogens (tertiary/aromatic N) is 1. The maximum Gasteiger partial charge on any atom is 0.224 e. The number of ether oxygens (including phenoxy) is 1. The van der Waals surface area contributed by atoms with Crippen LogP contribution in [0.4, 0.5) is 0 Å². The van der Waals surface area contributed by atoms with Gasteiger partial charge in [0.2, 0.25) is 5.91 Å². The number of rotatable bonds is 4. The molecule has 1 saturated carbocycles. The van der Waals surface area contributed by atoms with Gasteiger partial charge in [0.1, 0.15) is 0 Å². The summed E-state index contributed by atoms with van der Waals surface area (Å²) in [5.74, 6) is 0.141. The lowest BCUT2D eigenvalue weighted by Crippen LogP contribution is -2.56. The van der Waals surface area contributed by atoms with Crippen molar-refractivity contribution in [2.75, 3.05) is 32.8 Å². The smallest absolute Gasteiger partial charge is 0.224 e. The second-order valence-electron chi connectivity index (χ2n) is 6.68. The van der Waals surface area contributed by atoms with Crippen LogP contribution >= 0.6 is 0 Å². The van der Waals surface area contributed by atoms with E-state index in [1.54, 1.807) is 0 Å². The normalized spacial score (nSPS) is 29.1. The molecular formula is C15H29N3O2. The lowest BCUT2D eigenvalue weighted by Gasteiger charge is -2.41. The molecule has 3 N–H and O–H groups in total. The second-order valence-corrected chi connectivity index (χ2v) is 6.68. The van der Waals surface area contributed by atoms with E-state index in [1.165, 1.54) is 0 Å². The van der Waals surface area contributed by atoms with Crippen molar-refractivity contribution in [1.29, 1.82) is 0 Å². The molecule has 5 heteroatoms. The Bertz CT molecular complexity index is 327. The first-order valence-electron chi connectivity index (χ1n) is 7.87. The monoisotopic (exact) mass is 283 g/mol. The quantitative estimate of drug-likeness (QED) is 0.798. The Labute approximate surface area is 122 Å². The predicted octanol–water partition coefficient (Wildman–Crippen LogP) is 0.731. The Balaban J connectivity index is 1.82. The van der Waals surface area contributed by atoms with Crippen molar-refractivity contribution in [3.8, 4) is 0 Å². The minimum absolute atomic E-state index is 0.00393. The Morgan fingerprint density at radius 2 is 1.95 bits per heavy atom. The van der Waals surface area contributed by atoms with Gasteiger partial charge in [0.25, 0.3) is 0 Å². The highest BCUT2D eigenvalue weighted by atomic mass is 16.5. The third kappa shape index (κ3) is 3.93. The number of hydrogen-bond acceptors (Lipinski definition) is 4. The first-order chi connectivity index (χ1) is 9.50. The Kier molecular flexibility index (Phi) is 5.41. The van der Waals surface area contributed by atoms with Crippen molar-refractivity contribution in [2.45, 2.75) is 51.1 Å². The molecule has 1 heterocycles. The standard InChI is InChI=1S/C15H29N3O2/c1-15(2,18-7-9-20-10-8-18)11-17-14(19)12-5-3-4-6-13(12)16/h12-13H,3-11,16H2,1-2H3,(H,17,19). The van der Waals surface area contributed by atoms with E-state index in [-0.39, 0.29) is 23.4 Å². The van der Waals surface area contributed by atoms with Crippen LogP contribution in [0.5, 0.6) is 0 Å². The van der Waals surface area contributed by atoms with E-state index >= 15 is 0 Å². The van der Waals surface area contributed by atoms with E-state index in [4.69, 9.17) is 10.5 Å². The molecule has 1 aliphatic heterocycles. The molecule has 2 rings (SSSR count). The fourth-order valence-electron chi connectivity index (χ4n) is 3.20. The van der Waals surface area contributed by atoms with Gasteiger partial charge in [-0.3, -0.25) is 9.69 Å². The maximum absolute atomic E-state index is 12.3. The van der Waals surface area contributed by atoms with Gasteiger partial charge >= 0.3 is 0 Å².